The number of nitrogens with zero attached hydrogens (tertiary/aromatic N) is 3. The van der Waals surface area contributed by atoms with E-state index >= 15 is 0 Å². The van der Waals surface area contributed by atoms with Gasteiger partial charge in [0.2, 0.25) is 6.79 Å². The Morgan fingerprint density at radius 1 is 1.21 bits per heavy atom. The van der Waals surface area contributed by atoms with E-state index < -0.39 is 11.6 Å². The Morgan fingerprint density at radius 3 is 2.86 bits per heavy atom. The Bertz CT molecular complexity index is 1100. The second-order valence-corrected chi connectivity index (χ2v) is 6.96. The Balaban J connectivity index is 1.43. The van der Waals surface area contributed by atoms with Crippen molar-refractivity contribution in [3.8, 4) is 23.0 Å². The molecule has 0 saturated heterocycles. The minimum absolute atomic E-state index is 0.0286. The molecule has 0 radical (unpaired) electrons. The van der Waals surface area contributed by atoms with Crippen molar-refractivity contribution in [1.29, 1.82) is 0 Å². The smallest absolute Gasteiger partial charge is 0.345 e. The molecule has 29 heavy (non-hydrogen) atoms. The molecule has 0 atom stereocenters. The van der Waals surface area contributed by atoms with E-state index in [4.69, 9.17) is 14.0 Å². The van der Waals surface area contributed by atoms with E-state index in [0.717, 1.165) is 0 Å². The number of H-pyrrole nitrogens is 1. The summed E-state index contributed by atoms with van der Waals surface area (Å²) < 4.78 is 15.9. The second-order valence-electron chi connectivity index (χ2n) is 6.96. The number of nitrogens with one attached hydrogen (secondary N) is 2. The van der Waals surface area contributed by atoms with Crippen molar-refractivity contribution in [2.75, 3.05) is 6.79 Å². The van der Waals surface area contributed by atoms with Gasteiger partial charge < -0.3 is 24.3 Å². The maximum absolute atomic E-state index is 12.4. The standard InChI is InChI=1S/C19H19N5O5/c1-10(2)5-12-7-13(22-19(26)21-12)17(25)20-8-16-23-18(29-24-16)11-3-4-14-15(6-11)28-9-27-14/h3-4,6-7,10H,5,8-9H2,1-2H3,(H,20,25)(H,21,22,26). The molecular weight excluding hydrogens is 378 g/mol. The molecule has 0 bridgehead atoms. The summed E-state index contributed by atoms with van der Waals surface area (Å²) >= 11 is 0. The normalized spacial score (nSPS) is 12.4. The lowest BCUT2D eigenvalue weighted by Crippen LogP contribution is -2.28. The fourth-order valence-corrected chi connectivity index (χ4v) is 2.90. The first-order valence-electron chi connectivity index (χ1n) is 9.09. The zero-order valence-corrected chi connectivity index (χ0v) is 15.9. The number of benzene rings is 1. The number of amides is 1. The molecule has 0 unspecified atom stereocenters. The van der Waals surface area contributed by atoms with Gasteiger partial charge in [-0.1, -0.05) is 19.0 Å². The maximum Gasteiger partial charge on any atom is 0.345 e. The second kappa shape index (κ2) is 7.74. The molecule has 4 rings (SSSR count). The van der Waals surface area contributed by atoms with Gasteiger partial charge in [0.25, 0.3) is 11.8 Å². The van der Waals surface area contributed by atoms with E-state index in [2.05, 4.69) is 25.4 Å². The Morgan fingerprint density at radius 2 is 2.03 bits per heavy atom. The lowest BCUT2D eigenvalue weighted by atomic mass is 10.1. The SMILES string of the molecule is CC(C)Cc1cc(C(=O)NCc2noc(-c3ccc4c(c3)OCO4)n2)nc(=O)[nH]1. The summed E-state index contributed by atoms with van der Waals surface area (Å²) in [5, 5.41) is 6.51. The number of ether oxygens (including phenoxy) is 2. The van der Waals surface area contributed by atoms with Crippen LogP contribution in [-0.2, 0) is 13.0 Å². The van der Waals surface area contributed by atoms with E-state index in [9.17, 15) is 9.59 Å². The molecule has 0 fully saturated rings. The van der Waals surface area contributed by atoms with Crippen LogP contribution in [0, 0.1) is 5.92 Å². The minimum atomic E-state index is -0.557. The van der Waals surface area contributed by atoms with Gasteiger partial charge in [-0.2, -0.15) is 9.97 Å². The third-order valence-electron chi connectivity index (χ3n) is 4.16. The van der Waals surface area contributed by atoms with Crippen LogP contribution < -0.4 is 20.5 Å². The highest BCUT2D eigenvalue weighted by Crippen LogP contribution is 2.35. The van der Waals surface area contributed by atoms with Crippen LogP contribution in [0.3, 0.4) is 0 Å². The van der Waals surface area contributed by atoms with E-state index in [1.807, 2.05) is 13.8 Å². The number of carbonyl (C=O) groups is 1. The van der Waals surface area contributed by atoms with E-state index in [1.165, 1.54) is 0 Å². The maximum atomic E-state index is 12.4. The average Bonchev–Trinajstić information content (AvgIpc) is 3.33. The number of rotatable bonds is 6. The van der Waals surface area contributed by atoms with Gasteiger partial charge in [-0.05, 0) is 36.6 Å². The fourth-order valence-electron chi connectivity index (χ4n) is 2.90. The highest BCUT2D eigenvalue weighted by atomic mass is 16.7. The molecule has 3 heterocycles. The summed E-state index contributed by atoms with van der Waals surface area (Å²) in [5.74, 6) is 1.68. The molecule has 0 spiro atoms. The zero-order valence-electron chi connectivity index (χ0n) is 15.9. The van der Waals surface area contributed by atoms with Gasteiger partial charge in [-0.15, -0.1) is 0 Å². The van der Waals surface area contributed by atoms with Crippen LogP contribution in [0.4, 0.5) is 0 Å². The monoisotopic (exact) mass is 397 g/mol. The fraction of sp³-hybridized carbons (Fsp3) is 0.316. The van der Waals surface area contributed by atoms with Gasteiger partial charge in [0.1, 0.15) is 5.69 Å². The molecule has 0 saturated carbocycles. The Hall–Kier alpha value is -3.69. The van der Waals surface area contributed by atoms with Crippen molar-refractivity contribution in [2.24, 2.45) is 5.92 Å². The van der Waals surface area contributed by atoms with Gasteiger partial charge in [-0.3, -0.25) is 4.79 Å². The van der Waals surface area contributed by atoms with Crippen molar-refractivity contribution < 1.29 is 18.8 Å². The Labute approximate surface area is 165 Å². The number of hydrogen-bond acceptors (Lipinski definition) is 8. The molecule has 10 nitrogen and oxygen atoms in total. The first-order chi connectivity index (χ1) is 14.0. The molecule has 3 aromatic rings. The van der Waals surface area contributed by atoms with Gasteiger partial charge in [0, 0.05) is 11.3 Å². The van der Waals surface area contributed by atoms with Crippen LogP contribution in [-0.4, -0.2) is 32.8 Å². The van der Waals surface area contributed by atoms with Crippen molar-refractivity contribution in [3.63, 3.8) is 0 Å². The van der Waals surface area contributed by atoms with Crippen molar-refractivity contribution in [3.05, 3.63) is 52.0 Å². The third kappa shape index (κ3) is 4.26. The lowest BCUT2D eigenvalue weighted by molar-refractivity contribution is 0.0944. The summed E-state index contributed by atoms with van der Waals surface area (Å²) in [7, 11) is 0. The predicted molar refractivity (Wildman–Crippen MR) is 100 cm³/mol. The van der Waals surface area contributed by atoms with E-state index in [1.54, 1.807) is 24.3 Å². The summed E-state index contributed by atoms with van der Waals surface area (Å²) in [4.78, 5) is 34.7. The molecule has 150 valence electrons. The van der Waals surface area contributed by atoms with Gasteiger partial charge in [0.15, 0.2) is 17.3 Å². The molecule has 1 amide bonds. The topological polar surface area (TPSA) is 132 Å². The predicted octanol–water partition coefficient (Wildman–Crippen LogP) is 1.68. The first-order valence-corrected chi connectivity index (χ1v) is 9.09. The van der Waals surface area contributed by atoms with Crippen LogP contribution in [0.15, 0.2) is 33.6 Å². The van der Waals surface area contributed by atoms with Crippen molar-refractivity contribution in [1.82, 2.24) is 25.4 Å². The van der Waals surface area contributed by atoms with Crippen LogP contribution in [0.2, 0.25) is 0 Å². The molecule has 2 N–H and O–H groups in total. The first kappa shape index (κ1) is 18.7. The van der Waals surface area contributed by atoms with Crippen LogP contribution in [0.25, 0.3) is 11.5 Å². The molecule has 0 aliphatic carbocycles. The summed E-state index contributed by atoms with van der Waals surface area (Å²) in [5.41, 5.74) is 0.825. The quantitative estimate of drug-likeness (QED) is 0.642. The minimum Gasteiger partial charge on any atom is -0.454 e. The van der Waals surface area contributed by atoms with E-state index in [0.29, 0.717) is 46.8 Å². The largest absolute Gasteiger partial charge is 0.454 e. The van der Waals surface area contributed by atoms with Crippen molar-refractivity contribution >= 4 is 5.91 Å². The van der Waals surface area contributed by atoms with Crippen LogP contribution in [0.5, 0.6) is 11.5 Å². The molecule has 1 aliphatic rings. The highest BCUT2D eigenvalue weighted by Gasteiger charge is 2.17. The number of fused-ring (bicyclic) bond motifs is 1. The van der Waals surface area contributed by atoms with Crippen molar-refractivity contribution in [2.45, 2.75) is 26.8 Å². The Kier molecular flexibility index (Phi) is 4.98. The third-order valence-corrected chi connectivity index (χ3v) is 4.16. The molecule has 1 aliphatic heterocycles. The average molecular weight is 397 g/mol. The number of aromatic amines is 1. The van der Waals surface area contributed by atoms with Gasteiger partial charge >= 0.3 is 5.69 Å². The number of carbonyl (C=O) groups excluding carboxylic acids is 1. The van der Waals surface area contributed by atoms with Crippen LogP contribution >= 0.6 is 0 Å². The van der Waals surface area contributed by atoms with Crippen LogP contribution in [0.1, 0.15) is 35.9 Å². The van der Waals surface area contributed by atoms with E-state index in [-0.39, 0.29) is 19.0 Å². The molecular formula is C19H19N5O5. The van der Waals surface area contributed by atoms with Gasteiger partial charge in [0.05, 0.1) is 6.54 Å². The summed E-state index contributed by atoms with van der Waals surface area (Å²) in [6.45, 7) is 4.24. The summed E-state index contributed by atoms with van der Waals surface area (Å²) in [6.07, 6.45) is 0.641. The summed E-state index contributed by atoms with van der Waals surface area (Å²) in [6, 6.07) is 6.86. The number of aromatic nitrogens is 4. The highest BCUT2D eigenvalue weighted by molar-refractivity contribution is 5.92. The number of hydrogen-bond donors (Lipinski definition) is 2. The molecule has 1 aromatic carbocycles. The zero-order chi connectivity index (χ0) is 20.4. The molecule has 2 aromatic heterocycles. The van der Waals surface area contributed by atoms with Gasteiger partial charge in [-0.25, -0.2) is 4.79 Å². The molecule has 10 heteroatoms. The lowest BCUT2D eigenvalue weighted by Gasteiger charge is -2.06.